The highest BCUT2D eigenvalue weighted by Crippen LogP contribution is 2.22. The van der Waals surface area contributed by atoms with Gasteiger partial charge in [-0.05, 0) is 18.1 Å². The molecule has 0 saturated heterocycles. The lowest BCUT2D eigenvalue weighted by atomic mass is 10.1. The molecule has 6 N–H and O–H groups in total. The average Bonchev–Trinajstić information content (AvgIpc) is 3.06. The molecule has 0 aromatic carbocycles. The zero-order chi connectivity index (χ0) is 15.4. The number of rotatable bonds is 2. The van der Waals surface area contributed by atoms with Gasteiger partial charge in [-0.2, -0.15) is 5.16 Å². The highest BCUT2D eigenvalue weighted by atomic mass is 16.5. The van der Waals surface area contributed by atoms with Crippen molar-refractivity contribution in [2.24, 2.45) is 5.73 Å². The van der Waals surface area contributed by atoms with E-state index < -0.39 is 17.6 Å². The Hall–Kier alpha value is -2.59. The molecule has 1 aliphatic rings. The summed E-state index contributed by atoms with van der Waals surface area (Å²) in [5.41, 5.74) is 5.46. The van der Waals surface area contributed by atoms with Crippen molar-refractivity contribution < 1.29 is 24.1 Å². The van der Waals surface area contributed by atoms with Crippen LogP contribution in [0, 0.1) is 0 Å². The van der Waals surface area contributed by atoms with E-state index in [0.29, 0.717) is 6.54 Å². The summed E-state index contributed by atoms with van der Waals surface area (Å²) in [5.74, 6) is -0.504. The van der Waals surface area contributed by atoms with Crippen LogP contribution in [0.3, 0.4) is 0 Å². The SMILES string of the molecule is NC(C(=O)O)c1cc(=O)[nH]o1.Oc1noc2c1CCNC2. The number of carboxylic acids is 1. The van der Waals surface area contributed by atoms with Gasteiger partial charge in [0.1, 0.15) is 0 Å². The summed E-state index contributed by atoms with van der Waals surface area (Å²) >= 11 is 0. The smallest absolute Gasteiger partial charge is 0.328 e. The normalized spacial score (nSPS) is 14.7. The van der Waals surface area contributed by atoms with Crippen LogP contribution >= 0.6 is 0 Å². The van der Waals surface area contributed by atoms with Crippen LogP contribution in [0.1, 0.15) is 23.1 Å². The van der Waals surface area contributed by atoms with Crippen molar-refractivity contribution in [2.45, 2.75) is 19.0 Å². The van der Waals surface area contributed by atoms with Crippen molar-refractivity contribution in [3.05, 3.63) is 33.5 Å². The molecule has 3 heterocycles. The van der Waals surface area contributed by atoms with Crippen LogP contribution in [0.15, 0.2) is 19.9 Å². The molecule has 21 heavy (non-hydrogen) atoms. The monoisotopic (exact) mass is 298 g/mol. The number of carboxylic acid groups (broad SMARTS) is 1. The van der Waals surface area contributed by atoms with Gasteiger partial charge in [-0.3, -0.25) is 9.59 Å². The topological polar surface area (TPSA) is 168 Å². The second-order valence-electron chi connectivity index (χ2n) is 4.27. The molecule has 1 aliphatic heterocycles. The molecule has 0 amide bonds. The average molecular weight is 298 g/mol. The summed E-state index contributed by atoms with van der Waals surface area (Å²) in [4.78, 5) is 20.6. The van der Waals surface area contributed by atoms with E-state index in [1.54, 1.807) is 0 Å². The fourth-order valence-electron chi connectivity index (χ4n) is 1.71. The van der Waals surface area contributed by atoms with Gasteiger partial charge in [-0.25, -0.2) is 0 Å². The van der Waals surface area contributed by atoms with Gasteiger partial charge in [0.2, 0.25) is 0 Å². The highest BCUT2D eigenvalue weighted by Gasteiger charge is 2.18. The fourth-order valence-corrected chi connectivity index (χ4v) is 1.71. The van der Waals surface area contributed by atoms with Crippen molar-refractivity contribution in [1.82, 2.24) is 15.6 Å². The number of carbonyl (C=O) groups is 1. The van der Waals surface area contributed by atoms with Gasteiger partial charge in [0, 0.05) is 6.07 Å². The van der Waals surface area contributed by atoms with Gasteiger partial charge in [0.15, 0.2) is 17.6 Å². The van der Waals surface area contributed by atoms with E-state index in [4.69, 9.17) is 20.5 Å². The summed E-state index contributed by atoms with van der Waals surface area (Å²) < 4.78 is 9.27. The van der Waals surface area contributed by atoms with Crippen LogP contribution in [-0.2, 0) is 17.8 Å². The van der Waals surface area contributed by atoms with Gasteiger partial charge in [-0.1, -0.05) is 0 Å². The predicted molar refractivity (Wildman–Crippen MR) is 67.5 cm³/mol. The summed E-state index contributed by atoms with van der Waals surface area (Å²) in [6.45, 7) is 1.57. The molecule has 2 aromatic heterocycles. The molecule has 3 rings (SSSR count). The molecule has 0 bridgehead atoms. The minimum absolute atomic E-state index is 0.0523. The number of nitrogens with one attached hydrogen (secondary N) is 2. The summed E-state index contributed by atoms with van der Waals surface area (Å²) in [7, 11) is 0. The third-order valence-electron chi connectivity index (χ3n) is 2.80. The zero-order valence-electron chi connectivity index (χ0n) is 10.8. The molecule has 1 unspecified atom stereocenters. The third kappa shape index (κ3) is 3.49. The van der Waals surface area contributed by atoms with Crippen molar-refractivity contribution >= 4 is 5.97 Å². The van der Waals surface area contributed by atoms with E-state index in [0.717, 1.165) is 30.4 Å². The number of aromatic hydroxyl groups is 1. The summed E-state index contributed by atoms with van der Waals surface area (Å²) in [6, 6.07) is -0.285. The van der Waals surface area contributed by atoms with Crippen LogP contribution in [0.25, 0.3) is 0 Å². The number of nitrogens with two attached hydrogens (primary N) is 1. The Morgan fingerprint density at radius 1 is 1.52 bits per heavy atom. The number of aromatic nitrogens is 2. The molecule has 0 aliphatic carbocycles. The van der Waals surface area contributed by atoms with Gasteiger partial charge in [0.05, 0.1) is 12.1 Å². The maximum atomic E-state index is 10.4. The van der Waals surface area contributed by atoms with Gasteiger partial charge in [0.25, 0.3) is 11.4 Å². The maximum Gasteiger partial charge on any atom is 0.328 e. The number of hydrogen-bond acceptors (Lipinski definition) is 8. The Labute approximate surface area is 117 Å². The second kappa shape index (κ2) is 6.24. The lowest BCUT2D eigenvalue weighted by Crippen LogP contribution is -2.22. The standard InChI is InChI=1S/C6H8N2O2.C5H6N2O4/c9-6-4-1-2-7-3-5(4)10-8-6;6-4(5(9)10)2-1-3(8)7-11-2/h7H,1-3H2,(H,8,9);1,4H,6H2,(H,7,8)(H,9,10). The molecular weight excluding hydrogens is 284 g/mol. The predicted octanol–water partition coefficient (Wildman–Crippen LogP) is -0.922. The number of hydrogen-bond donors (Lipinski definition) is 5. The Morgan fingerprint density at radius 3 is 2.86 bits per heavy atom. The molecule has 0 fully saturated rings. The largest absolute Gasteiger partial charge is 0.491 e. The van der Waals surface area contributed by atoms with E-state index in [1.807, 2.05) is 5.16 Å². The molecule has 10 heteroatoms. The van der Waals surface area contributed by atoms with Crippen molar-refractivity contribution in [3.8, 4) is 5.88 Å². The quantitative estimate of drug-likeness (QED) is 0.470. The van der Waals surface area contributed by atoms with Crippen molar-refractivity contribution in [3.63, 3.8) is 0 Å². The van der Waals surface area contributed by atoms with Crippen LogP contribution in [0.2, 0.25) is 0 Å². The number of aromatic amines is 1. The molecular formula is C11H14N4O6. The first-order chi connectivity index (χ1) is 9.99. The van der Waals surface area contributed by atoms with Crippen LogP contribution in [0.4, 0.5) is 0 Å². The fraction of sp³-hybridized carbons (Fsp3) is 0.364. The number of H-pyrrole nitrogens is 1. The first-order valence-corrected chi connectivity index (χ1v) is 6.03. The highest BCUT2D eigenvalue weighted by molar-refractivity contribution is 5.74. The molecule has 0 spiro atoms. The minimum Gasteiger partial charge on any atom is -0.491 e. The zero-order valence-corrected chi connectivity index (χ0v) is 10.8. The minimum atomic E-state index is -1.28. The lowest BCUT2D eigenvalue weighted by molar-refractivity contribution is -0.139. The van der Waals surface area contributed by atoms with E-state index >= 15 is 0 Å². The molecule has 10 nitrogen and oxygen atoms in total. The molecule has 114 valence electrons. The molecule has 2 aromatic rings. The first kappa shape index (κ1) is 14.8. The first-order valence-electron chi connectivity index (χ1n) is 6.03. The van der Waals surface area contributed by atoms with Gasteiger partial charge < -0.3 is 30.3 Å². The summed E-state index contributed by atoms with van der Waals surface area (Å²) in [6.07, 6.45) is 0.810. The maximum absolute atomic E-state index is 10.4. The van der Waals surface area contributed by atoms with Crippen molar-refractivity contribution in [1.29, 1.82) is 0 Å². The van der Waals surface area contributed by atoms with E-state index in [9.17, 15) is 9.59 Å². The number of nitrogens with zero attached hydrogens (tertiary/aromatic N) is 1. The van der Waals surface area contributed by atoms with E-state index in [-0.39, 0.29) is 11.6 Å². The van der Waals surface area contributed by atoms with Crippen LogP contribution in [-0.4, -0.2) is 33.0 Å². The summed E-state index contributed by atoms with van der Waals surface area (Å²) in [5, 5.41) is 25.9. The molecule has 0 saturated carbocycles. The Balaban J connectivity index is 0.000000154. The Morgan fingerprint density at radius 2 is 2.29 bits per heavy atom. The number of fused-ring (bicyclic) bond motifs is 1. The second-order valence-corrected chi connectivity index (χ2v) is 4.27. The van der Waals surface area contributed by atoms with E-state index in [2.05, 4.69) is 15.0 Å². The van der Waals surface area contributed by atoms with Gasteiger partial charge >= 0.3 is 5.97 Å². The molecule has 0 radical (unpaired) electrons. The van der Waals surface area contributed by atoms with Gasteiger partial charge in [-0.15, -0.1) is 0 Å². The third-order valence-corrected chi connectivity index (χ3v) is 2.80. The van der Waals surface area contributed by atoms with Crippen LogP contribution in [0.5, 0.6) is 5.88 Å². The Kier molecular flexibility index (Phi) is 4.40. The van der Waals surface area contributed by atoms with Crippen molar-refractivity contribution in [2.75, 3.05) is 6.54 Å². The molecule has 1 atom stereocenters. The lowest BCUT2D eigenvalue weighted by Gasteiger charge is -2.08. The van der Waals surface area contributed by atoms with Crippen LogP contribution < -0.4 is 16.6 Å². The van der Waals surface area contributed by atoms with E-state index in [1.165, 1.54) is 0 Å². The number of aliphatic carboxylic acids is 1. The Bertz CT molecular complexity index is 672.